The van der Waals surface area contributed by atoms with E-state index in [1.54, 1.807) is 0 Å². The Balaban J connectivity index is 2.02. The van der Waals surface area contributed by atoms with E-state index in [2.05, 4.69) is 5.10 Å². The van der Waals surface area contributed by atoms with Crippen molar-refractivity contribution in [3.63, 3.8) is 0 Å². The summed E-state index contributed by atoms with van der Waals surface area (Å²) in [5, 5.41) is 13.6. The fourth-order valence-electron chi connectivity index (χ4n) is 2.50. The Bertz CT molecular complexity index is 313. The Labute approximate surface area is 91.1 Å². The molecule has 0 atom stereocenters. The molecule has 3 heteroatoms. The smallest absolute Gasteiger partial charge is 0.0849 e. The molecule has 1 aromatic rings. The van der Waals surface area contributed by atoms with Crippen molar-refractivity contribution in [3.8, 4) is 0 Å². The standard InChI is InChI=1S/C12H20N2O/c1-10-7-12(9-15)14(13-10)8-11-5-3-2-4-6-11/h7,11,15H,2-6,8-9H2,1H3. The molecule has 3 nitrogen and oxygen atoms in total. The van der Waals surface area contributed by atoms with Crippen molar-refractivity contribution in [2.75, 3.05) is 0 Å². The minimum absolute atomic E-state index is 0.105. The topological polar surface area (TPSA) is 38.0 Å². The number of hydrogen-bond donors (Lipinski definition) is 1. The number of aromatic nitrogens is 2. The summed E-state index contributed by atoms with van der Waals surface area (Å²) < 4.78 is 1.99. The van der Waals surface area contributed by atoms with Gasteiger partial charge in [0, 0.05) is 6.54 Å². The molecule has 0 amide bonds. The molecule has 1 heterocycles. The Kier molecular flexibility index (Phi) is 3.41. The highest BCUT2D eigenvalue weighted by atomic mass is 16.3. The molecule has 1 N–H and O–H groups in total. The molecule has 2 rings (SSSR count). The fraction of sp³-hybridized carbons (Fsp3) is 0.750. The van der Waals surface area contributed by atoms with E-state index in [1.165, 1.54) is 32.1 Å². The van der Waals surface area contributed by atoms with E-state index in [1.807, 2.05) is 17.7 Å². The number of aliphatic hydroxyl groups excluding tert-OH is 1. The Morgan fingerprint density at radius 1 is 1.40 bits per heavy atom. The van der Waals surface area contributed by atoms with E-state index < -0.39 is 0 Å². The summed E-state index contributed by atoms with van der Waals surface area (Å²) in [6, 6.07) is 1.98. The van der Waals surface area contributed by atoms with Crippen LogP contribution in [0.25, 0.3) is 0 Å². The quantitative estimate of drug-likeness (QED) is 0.827. The first kappa shape index (κ1) is 10.7. The average Bonchev–Trinajstić information content (AvgIpc) is 2.60. The second-order valence-electron chi connectivity index (χ2n) is 4.62. The Morgan fingerprint density at radius 3 is 2.80 bits per heavy atom. The second-order valence-corrected chi connectivity index (χ2v) is 4.62. The Hall–Kier alpha value is -0.830. The fourth-order valence-corrected chi connectivity index (χ4v) is 2.50. The van der Waals surface area contributed by atoms with Gasteiger partial charge in [-0.1, -0.05) is 19.3 Å². The number of aryl methyl sites for hydroxylation is 1. The molecule has 1 aromatic heterocycles. The van der Waals surface area contributed by atoms with Crippen LogP contribution in [0.5, 0.6) is 0 Å². The van der Waals surface area contributed by atoms with Crippen molar-refractivity contribution in [1.82, 2.24) is 9.78 Å². The summed E-state index contributed by atoms with van der Waals surface area (Å²) in [5.41, 5.74) is 1.97. The number of aliphatic hydroxyl groups is 1. The van der Waals surface area contributed by atoms with Gasteiger partial charge >= 0.3 is 0 Å². The molecular formula is C12H20N2O. The molecular weight excluding hydrogens is 188 g/mol. The molecule has 1 aliphatic carbocycles. The van der Waals surface area contributed by atoms with Crippen molar-refractivity contribution < 1.29 is 5.11 Å². The zero-order valence-corrected chi connectivity index (χ0v) is 9.45. The minimum atomic E-state index is 0.105. The molecule has 84 valence electrons. The SMILES string of the molecule is Cc1cc(CO)n(CC2CCCCC2)n1. The lowest BCUT2D eigenvalue weighted by atomic mass is 9.89. The normalized spacial score (nSPS) is 18.3. The van der Waals surface area contributed by atoms with Crippen molar-refractivity contribution in [1.29, 1.82) is 0 Å². The molecule has 0 aromatic carbocycles. The first-order valence-electron chi connectivity index (χ1n) is 5.94. The van der Waals surface area contributed by atoms with Crippen LogP contribution in [-0.4, -0.2) is 14.9 Å². The third-order valence-electron chi connectivity index (χ3n) is 3.30. The summed E-state index contributed by atoms with van der Waals surface area (Å²) in [6.45, 7) is 3.08. The van der Waals surface area contributed by atoms with Gasteiger partial charge in [0.15, 0.2) is 0 Å². The summed E-state index contributed by atoms with van der Waals surface area (Å²) in [6.07, 6.45) is 6.76. The number of nitrogens with zero attached hydrogens (tertiary/aromatic N) is 2. The predicted octanol–water partition coefficient (Wildman–Crippen LogP) is 2.26. The summed E-state index contributed by atoms with van der Waals surface area (Å²) >= 11 is 0. The lowest BCUT2D eigenvalue weighted by Gasteiger charge is -2.22. The van der Waals surface area contributed by atoms with Crippen molar-refractivity contribution in [3.05, 3.63) is 17.5 Å². The van der Waals surface area contributed by atoms with Crippen LogP contribution in [0.4, 0.5) is 0 Å². The van der Waals surface area contributed by atoms with Crippen LogP contribution in [-0.2, 0) is 13.2 Å². The van der Waals surface area contributed by atoms with Gasteiger partial charge in [0.25, 0.3) is 0 Å². The van der Waals surface area contributed by atoms with Crippen LogP contribution in [0.15, 0.2) is 6.07 Å². The number of rotatable bonds is 3. The van der Waals surface area contributed by atoms with E-state index in [4.69, 9.17) is 0 Å². The van der Waals surface area contributed by atoms with Crippen LogP contribution in [0.3, 0.4) is 0 Å². The molecule has 1 aliphatic rings. The maximum absolute atomic E-state index is 9.20. The van der Waals surface area contributed by atoms with Gasteiger partial charge in [-0.25, -0.2) is 0 Å². The lowest BCUT2D eigenvalue weighted by molar-refractivity contribution is 0.252. The molecule has 0 spiro atoms. The van der Waals surface area contributed by atoms with Crippen molar-refractivity contribution in [2.45, 2.75) is 52.2 Å². The maximum Gasteiger partial charge on any atom is 0.0849 e. The molecule has 0 aliphatic heterocycles. The van der Waals surface area contributed by atoms with Gasteiger partial charge in [0.2, 0.25) is 0 Å². The van der Waals surface area contributed by atoms with Gasteiger partial charge in [-0.05, 0) is 31.7 Å². The van der Waals surface area contributed by atoms with Gasteiger partial charge in [0.1, 0.15) is 0 Å². The highest BCUT2D eigenvalue weighted by Crippen LogP contribution is 2.25. The first-order chi connectivity index (χ1) is 7.29. The highest BCUT2D eigenvalue weighted by Gasteiger charge is 2.15. The zero-order chi connectivity index (χ0) is 10.7. The second kappa shape index (κ2) is 4.79. The average molecular weight is 208 g/mol. The first-order valence-corrected chi connectivity index (χ1v) is 5.94. The van der Waals surface area contributed by atoms with Crippen molar-refractivity contribution in [2.24, 2.45) is 5.92 Å². The predicted molar refractivity (Wildman–Crippen MR) is 59.5 cm³/mol. The Morgan fingerprint density at radius 2 is 2.13 bits per heavy atom. The van der Waals surface area contributed by atoms with Gasteiger partial charge in [-0.3, -0.25) is 4.68 Å². The third-order valence-corrected chi connectivity index (χ3v) is 3.30. The molecule has 0 radical (unpaired) electrons. The van der Waals surface area contributed by atoms with E-state index in [0.717, 1.165) is 23.9 Å². The van der Waals surface area contributed by atoms with Crippen LogP contribution >= 0.6 is 0 Å². The molecule has 0 saturated heterocycles. The minimum Gasteiger partial charge on any atom is -0.390 e. The maximum atomic E-state index is 9.20. The largest absolute Gasteiger partial charge is 0.390 e. The zero-order valence-electron chi connectivity index (χ0n) is 9.45. The highest BCUT2D eigenvalue weighted by molar-refractivity contribution is 5.07. The molecule has 1 saturated carbocycles. The van der Waals surface area contributed by atoms with Crippen LogP contribution < -0.4 is 0 Å². The monoisotopic (exact) mass is 208 g/mol. The molecule has 1 fully saturated rings. The van der Waals surface area contributed by atoms with Gasteiger partial charge in [0.05, 0.1) is 18.0 Å². The summed E-state index contributed by atoms with van der Waals surface area (Å²) in [7, 11) is 0. The lowest BCUT2D eigenvalue weighted by Crippen LogP contribution is -2.16. The van der Waals surface area contributed by atoms with Crippen LogP contribution in [0.1, 0.15) is 43.5 Å². The third kappa shape index (κ3) is 2.59. The van der Waals surface area contributed by atoms with E-state index in [0.29, 0.717) is 0 Å². The van der Waals surface area contributed by atoms with Gasteiger partial charge in [-0.2, -0.15) is 5.10 Å². The molecule has 15 heavy (non-hydrogen) atoms. The molecule has 0 unspecified atom stereocenters. The summed E-state index contributed by atoms with van der Waals surface area (Å²) in [5.74, 6) is 0.767. The molecule has 0 bridgehead atoms. The summed E-state index contributed by atoms with van der Waals surface area (Å²) in [4.78, 5) is 0. The van der Waals surface area contributed by atoms with Gasteiger partial charge < -0.3 is 5.11 Å². The van der Waals surface area contributed by atoms with Crippen molar-refractivity contribution >= 4 is 0 Å². The van der Waals surface area contributed by atoms with Crippen LogP contribution in [0, 0.1) is 12.8 Å². The van der Waals surface area contributed by atoms with E-state index in [9.17, 15) is 5.11 Å². The number of hydrogen-bond acceptors (Lipinski definition) is 2. The van der Waals surface area contributed by atoms with Gasteiger partial charge in [-0.15, -0.1) is 0 Å². The van der Waals surface area contributed by atoms with E-state index in [-0.39, 0.29) is 6.61 Å². The van der Waals surface area contributed by atoms with Crippen LogP contribution in [0.2, 0.25) is 0 Å². The van der Waals surface area contributed by atoms with E-state index >= 15 is 0 Å².